The van der Waals surface area contributed by atoms with Crippen LogP contribution in [-0.2, 0) is 11.2 Å². The van der Waals surface area contributed by atoms with Crippen molar-refractivity contribution >= 4 is 5.78 Å². The largest absolute Gasteiger partial charge is 0.508 e. The van der Waals surface area contributed by atoms with E-state index in [1.54, 1.807) is 18.2 Å². The van der Waals surface area contributed by atoms with Crippen molar-refractivity contribution in [1.82, 2.24) is 0 Å². The van der Waals surface area contributed by atoms with Crippen LogP contribution in [-0.4, -0.2) is 23.1 Å². The van der Waals surface area contributed by atoms with Gasteiger partial charge in [0, 0.05) is 29.7 Å². The molecular weight excluding hydrogens is 272 g/mol. The third kappa shape index (κ3) is 2.38. The molecule has 0 saturated carbocycles. The molecule has 0 bridgehead atoms. The molecule has 1 atom stereocenters. The monoisotopic (exact) mass is 286 g/mol. The van der Waals surface area contributed by atoms with Crippen molar-refractivity contribution in [2.24, 2.45) is 0 Å². The molecular formula is C16H14O5. The predicted molar refractivity (Wildman–Crippen MR) is 74.8 cm³/mol. The molecule has 2 aromatic rings. The number of phenols is 2. The molecule has 21 heavy (non-hydrogen) atoms. The first-order valence-electron chi connectivity index (χ1n) is 6.46. The first kappa shape index (κ1) is 13.3. The average molecular weight is 286 g/mol. The predicted octanol–water partition coefficient (Wildman–Crippen LogP) is 2.35. The van der Waals surface area contributed by atoms with Gasteiger partial charge >= 0.3 is 0 Å². The molecule has 2 aromatic carbocycles. The molecule has 0 fully saturated rings. The summed E-state index contributed by atoms with van der Waals surface area (Å²) in [5, 5.41) is 19.2. The number of rotatable bonds is 2. The van der Waals surface area contributed by atoms with Crippen LogP contribution in [0.4, 0.5) is 0 Å². The summed E-state index contributed by atoms with van der Waals surface area (Å²) < 4.78 is 10.8. The summed E-state index contributed by atoms with van der Waals surface area (Å²) in [5.41, 5.74) is 1.13. The molecule has 0 spiro atoms. The summed E-state index contributed by atoms with van der Waals surface area (Å²) >= 11 is 0. The lowest BCUT2D eigenvalue weighted by Gasteiger charge is -2.26. The molecule has 0 aliphatic carbocycles. The second-order valence-corrected chi connectivity index (χ2v) is 4.86. The number of methoxy groups -OCH3 is 1. The highest BCUT2D eigenvalue weighted by Crippen LogP contribution is 2.40. The van der Waals surface area contributed by atoms with E-state index in [2.05, 4.69) is 0 Å². The normalized spacial score (nSPS) is 17.0. The lowest BCUT2D eigenvalue weighted by molar-refractivity contribution is -0.126. The van der Waals surface area contributed by atoms with Gasteiger partial charge in [0.25, 0.3) is 0 Å². The van der Waals surface area contributed by atoms with Gasteiger partial charge in [0.15, 0.2) is 11.9 Å². The molecule has 1 heterocycles. The second kappa shape index (κ2) is 5.01. The van der Waals surface area contributed by atoms with E-state index < -0.39 is 6.10 Å². The lowest BCUT2D eigenvalue weighted by atomic mass is 9.95. The van der Waals surface area contributed by atoms with Gasteiger partial charge in [-0.1, -0.05) is 12.1 Å². The summed E-state index contributed by atoms with van der Waals surface area (Å²) in [5.74, 6) is 0.867. The quantitative estimate of drug-likeness (QED) is 0.886. The Morgan fingerprint density at radius 3 is 2.57 bits per heavy atom. The zero-order valence-electron chi connectivity index (χ0n) is 11.4. The van der Waals surface area contributed by atoms with Gasteiger partial charge in [-0.2, -0.15) is 0 Å². The SMILES string of the molecule is COc1cc(O)c2c(c1)OC(c1ccc(O)cc1)C(=O)C2. The minimum atomic E-state index is -0.746. The lowest BCUT2D eigenvalue weighted by Crippen LogP contribution is -2.25. The molecule has 0 aromatic heterocycles. The van der Waals surface area contributed by atoms with Crippen LogP contribution in [0.5, 0.6) is 23.0 Å². The van der Waals surface area contributed by atoms with Gasteiger partial charge in [0.05, 0.1) is 7.11 Å². The van der Waals surface area contributed by atoms with E-state index in [0.29, 0.717) is 22.6 Å². The number of hydrogen-bond donors (Lipinski definition) is 2. The molecule has 1 aliphatic heterocycles. The maximum atomic E-state index is 12.2. The highest BCUT2D eigenvalue weighted by molar-refractivity contribution is 5.89. The summed E-state index contributed by atoms with van der Waals surface area (Å²) in [6, 6.07) is 9.40. The van der Waals surface area contributed by atoms with Crippen LogP contribution in [0, 0.1) is 0 Å². The number of ketones is 1. The first-order valence-corrected chi connectivity index (χ1v) is 6.46. The molecule has 5 nitrogen and oxygen atoms in total. The van der Waals surface area contributed by atoms with E-state index in [1.807, 2.05) is 0 Å². The number of phenolic OH excluding ortho intramolecular Hbond substituents is 2. The molecule has 0 radical (unpaired) electrons. The van der Waals surface area contributed by atoms with Gasteiger partial charge in [0.1, 0.15) is 23.0 Å². The van der Waals surface area contributed by atoms with E-state index in [0.717, 1.165) is 0 Å². The maximum absolute atomic E-state index is 12.2. The van der Waals surface area contributed by atoms with E-state index in [1.165, 1.54) is 25.3 Å². The van der Waals surface area contributed by atoms with Crippen LogP contribution in [0.3, 0.4) is 0 Å². The van der Waals surface area contributed by atoms with Crippen molar-refractivity contribution in [3.8, 4) is 23.0 Å². The number of carbonyl (C=O) groups is 1. The number of benzene rings is 2. The molecule has 3 rings (SSSR count). The van der Waals surface area contributed by atoms with Crippen LogP contribution in [0.15, 0.2) is 36.4 Å². The van der Waals surface area contributed by atoms with Gasteiger partial charge in [-0.05, 0) is 12.1 Å². The second-order valence-electron chi connectivity index (χ2n) is 4.86. The molecule has 1 aliphatic rings. The number of carbonyl (C=O) groups excluding carboxylic acids is 1. The summed E-state index contributed by atoms with van der Waals surface area (Å²) in [6.45, 7) is 0. The summed E-state index contributed by atoms with van der Waals surface area (Å²) in [6.07, 6.45) is -0.652. The third-order valence-electron chi connectivity index (χ3n) is 3.48. The average Bonchev–Trinajstić information content (AvgIpc) is 2.48. The Balaban J connectivity index is 1.99. The van der Waals surface area contributed by atoms with Crippen molar-refractivity contribution in [2.45, 2.75) is 12.5 Å². The Kier molecular flexibility index (Phi) is 3.17. The summed E-state index contributed by atoms with van der Waals surface area (Å²) in [7, 11) is 1.49. The molecule has 1 unspecified atom stereocenters. The number of aromatic hydroxyl groups is 2. The van der Waals surface area contributed by atoms with E-state index in [4.69, 9.17) is 9.47 Å². The van der Waals surface area contributed by atoms with Gasteiger partial charge in [-0.3, -0.25) is 4.79 Å². The fourth-order valence-corrected chi connectivity index (χ4v) is 2.37. The molecule has 0 saturated heterocycles. The maximum Gasteiger partial charge on any atom is 0.182 e. The van der Waals surface area contributed by atoms with Crippen molar-refractivity contribution in [1.29, 1.82) is 0 Å². The van der Waals surface area contributed by atoms with Gasteiger partial charge in [0.2, 0.25) is 0 Å². The Morgan fingerprint density at radius 1 is 1.19 bits per heavy atom. The number of Topliss-reactive ketones (excluding diaryl/α,β-unsaturated/α-hetero) is 1. The fraction of sp³-hybridized carbons (Fsp3) is 0.188. The number of hydrogen-bond acceptors (Lipinski definition) is 5. The van der Waals surface area contributed by atoms with Crippen LogP contribution in [0.2, 0.25) is 0 Å². The van der Waals surface area contributed by atoms with Crippen LogP contribution in [0.1, 0.15) is 17.2 Å². The Bertz CT molecular complexity index is 691. The number of fused-ring (bicyclic) bond motifs is 1. The van der Waals surface area contributed by atoms with E-state index in [9.17, 15) is 15.0 Å². The highest BCUT2D eigenvalue weighted by Gasteiger charge is 2.31. The van der Waals surface area contributed by atoms with E-state index >= 15 is 0 Å². The van der Waals surface area contributed by atoms with Gasteiger partial charge in [-0.25, -0.2) is 0 Å². The zero-order chi connectivity index (χ0) is 15.0. The van der Waals surface area contributed by atoms with E-state index in [-0.39, 0.29) is 23.7 Å². The highest BCUT2D eigenvalue weighted by atomic mass is 16.5. The van der Waals surface area contributed by atoms with Crippen molar-refractivity contribution in [2.75, 3.05) is 7.11 Å². The fourth-order valence-electron chi connectivity index (χ4n) is 2.37. The Hall–Kier alpha value is -2.69. The van der Waals surface area contributed by atoms with Crippen molar-refractivity contribution < 1.29 is 24.5 Å². The van der Waals surface area contributed by atoms with Gasteiger partial charge in [-0.15, -0.1) is 0 Å². The molecule has 108 valence electrons. The smallest absolute Gasteiger partial charge is 0.182 e. The third-order valence-corrected chi connectivity index (χ3v) is 3.48. The molecule has 2 N–H and O–H groups in total. The Morgan fingerprint density at radius 2 is 1.90 bits per heavy atom. The van der Waals surface area contributed by atoms with Crippen LogP contribution < -0.4 is 9.47 Å². The van der Waals surface area contributed by atoms with Crippen molar-refractivity contribution in [3.05, 3.63) is 47.5 Å². The topological polar surface area (TPSA) is 76.0 Å². The van der Waals surface area contributed by atoms with Gasteiger partial charge < -0.3 is 19.7 Å². The van der Waals surface area contributed by atoms with Crippen LogP contribution in [0.25, 0.3) is 0 Å². The standard InChI is InChI=1S/C16H14O5/c1-20-11-6-13(18)12-8-14(19)16(21-15(12)7-11)9-2-4-10(17)5-3-9/h2-7,16-18H,8H2,1H3. The first-order chi connectivity index (χ1) is 10.1. The minimum absolute atomic E-state index is 0.0122. The van der Waals surface area contributed by atoms with Crippen LogP contribution >= 0.6 is 0 Å². The number of ether oxygens (including phenoxy) is 2. The Labute approximate surface area is 121 Å². The van der Waals surface area contributed by atoms with Crippen molar-refractivity contribution in [3.63, 3.8) is 0 Å². The minimum Gasteiger partial charge on any atom is -0.508 e. The summed E-state index contributed by atoms with van der Waals surface area (Å²) in [4.78, 5) is 12.2. The molecule has 0 amide bonds. The molecule has 5 heteroatoms. The zero-order valence-corrected chi connectivity index (χ0v) is 11.4.